The zero-order valence-electron chi connectivity index (χ0n) is 21.9. The number of rotatable bonds is 9. The number of hydrogen-bond donors (Lipinski definition) is 1. The Morgan fingerprint density at radius 1 is 1.11 bits per heavy atom. The van der Waals surface area contributed by atoms with E-state index in [4.69, 9.17) is 9.47 Å². The second-order valence-corrected chi connectivity index (χ2v) is 10.5. The molecule has 2 aromatic carbocycles. The molecule has 1 saturated carbocycles. The van der Waals surface area contributed by atoms with E-state index < -0.39 is 11.6 Å². The van der Waals surface area contributed by atoms with Crippen molar-refractivity contribution in [1.29, 1.82) is 0 Å². The van der Waals surface area contributed by atoms with Crippen LogP contribution in [0, 0.1) is 17.6 Å². The molecule has 0 spiro atoms. The fraction of sp³-hybridized carbons (Fsp3) is 0.517. The number of benzene rings is 2. The summed E-state index contributed by atoms with van der Waals surface area (Å²) >= 11 is 0. The van der Waals surface area contributed by atoms with Gasteiger partial charge in [0.1, 0.15) is 11.6 Å². The SMILES string of the molecule is COC1CCCN(CCNC(=O)c2cc3c(cnn3CC3CCCCC3)cc2Oc2ccc(F)cc2F)C1.[HH]. The van der Waals surface area contributed by atoms with Crippen LogP contribution in [0.1, 0.15) is 56.7 Å². The van der Waals surface area contributed by atoms with Crippen LogP contribution in [0.4, 0.5) is 8.78 Å². The summed E-state index contributed by atoms with van der Waals surface area (Å²) in [5, 5.41) is 8.39. The highest BCUT2D eigenvalue weighted by Gasteiger charge is 2.22. The fourth-order valence-electron chi connectivity index (χ4n) is 5.63. The van der Waals surface area contributed by atoms with Crippen molar-refractivity contribution in [3.63, 3.8) is 0 Å². The minimum absolute atomic E-state index is 0. The number of ether oxygens (including phenoxy) is 2. The molecule has 9 heteroatoms. The van der Waals surface area contributed by atoms with Crippen LogP contribution in [0.3, 0.4) is 0 Å². The maximum atomic E-state index is 14.4. The molecule has 0 bridgehead atoms. The highest BCUT2D eigenvalue weighted by molar-refractivity contribution is 6.01. The standard InChI is InChI=1S/C29H36F2N4O3.H2/c1-37-23-8-5-12-34(19-23)13-11-32-29(36)24-16-26-21(17-33-35(26)18-20-6-3-2-4-7-20)14-28(24)38-27-10-9-22(30)15-25(27)31;/h9-10,14-17,20,23H,2-8,11-13,18-19H2,1H3,(H,32,36);1H. The number of methoxy groups -OCH3 is 1. The maximum Gasteiger partial charge on any atom is 0.255 e. The second kappa shape index (κ2) is 12.2. The largest absolute Gasteiger partial charge is 0.453 e. The Kier molecular flexibility index (Phi) is 8.54. The molecule has 5 rings (SSSR count). The van der Waals surface area contributed by atoms with Crippen LogP contribution in [-0.4, -0.2) is 60.0 Å². The third-order valence-electron chi connectivity index (χ3n) is 7.77. The van der Waals surface area contributed by atoms with Crippen LogP contribution in [0.15, 0.2) is 36.5 Å². The van der Waals surface area contributed by atoms with Crippen molar-refractivity contribution in [2.75, 3.05) is 33.3 Å². The third-order valence-corrected chi connectivity index (χ3v) is 7.77. The minimum Gasteiger partial charge on any atom is -0.453 e. The van der Waals surface area contributed by atoms with Crippen molar-refractivity contribution in [2.24, 2.45) is 5.92 Å². The van der Waals surface area contributed by atoms with Crippen LogP contribution in [-0.2, 0) is 11.3 Å². The molecular weight excluding hydrogens is 490 g/mol. The topological polar surface area (TPSA) is 68.6 Å². The molecule has 7 nitrogen and oxygen atoms in total. The number of hydrogen-bond acceptors (Lipinski definition) is 5. The maximum absolute atomic E-state index is 14.4. The van der Waals surface area contributed by atoms with Crippen LogP contribution in [0.25, 0.3) is 10.9 Å². The monoisotopic (exact) mass is 528 g/mol. The molecule has 38 heavy (non-hydrogen) atoms. The third kappa shape index (κ3) is 6.32. The van der Waals surface area contributed by atoms with Crippen molar-refractivity contribution in [2.45, 2.75) is 57.6 Å². The average molecular weight is 529 g/mol. The van der Waals surface area contributed by atoms with Gasteiger partial charge in [-0.2, -0.15) is 5.10 Å². The van der Waals surface area contributed by atoms with E-state index in [1.807, 2.05) is 4.68 Å². The number of aromatic nitrogens is 2. The molecule has 1 aliphatic heterocycles. The second-order valence-electron chi connectivity index (χ2n) is 10.5. The van der Waals surface area contributed by atoms with E-state index in [1.165, 1.54) is 38.2 Å². The van der Waals surface area contributed by atoms with Crippen molar-refractivity contribution < 1.29 is 24.5 Å². The van der Waals surface area contributed by atoms with Gasteiger partial charge in [-0.3, -0.25) is 14.4 Å². The predicted molar refractivity (Wildman–Crippen MR) is 144 cm³/mol. The fourth-order valence-corrected chi connectivity index (χ4v) is 5.63. The predicted octanol–water partition coefficient (Wildman–Crippen LogP) is 5.77. The number of carbonyl (C=O) groups is 1. The number of carbonyl (C=O) groups excluding carboxylic acids is 1. The first-order valence-corrected chi connectivity index (χ1v) is 13.7. The van der Waals surface area contributed by atoms with Gasteiger partial charge in [0, 0.05) is 46.2 Å². The zero-order valence-corrected chi connectivity index (χ0v) is 21.9. The van der Waals surface area contributed by atoms with E-state index in [0.717, 1.165) is 55.5 Å². The average Bonchev–Trinajstić information content (AvgIpc) is 3.31. The Morgan fingerprint density at radius 3 is 2.74 bits per heavy atom. The van der Waals surface area contributed by atoms with Gasteiger partial charge in [-0.1, -0.05) is 19.3 Å². The quantitative estimate of drug-likeness (QED) is 0.382. The molecule has 1 amide bonds. The highest BCUT2D eigenvalue weighted by Crippen LogP contribution is 2.33. The molecule has 1 atom stereocenters. The van der Waals surface area contributed by atoms with Crippen molar-refractivity contribution >= 4 is 16.8 Å². The van der Waals surface area contributed by atoms with Crippen LogP contribution < -0.4 is 10.1 Å². The summed E-state index contributed by atoms with van der Waals surface area (Å²) in [6, 6.07) is 6.61. The van der Waals surface area contributed by atoms with Gasteiger partial charge in [0.25, 0.3) is 5.91 Å². The molecule has 1 aliphatic carbocycles. The lowest BCUT2D eigenvalue weighted by Gasteiger charge is -2.31. The number of nitrogens with zero attached hydrogens (tertiary/aromatic N) is 3. The Labute approximate surface area is 223 Å². The Hall–Kier alpha value is -3.04. The van der Waals surface area contributed by atoms with Gasteiger partial charge < -0.3 is 14.8 Å². The number of fused-ring (bicyclic) bond motifs is 1. The van der Waals surface area contributed by atoms with Gasteiger partial charge in [-0.05, 0) is 62.4 Å². The number of likely N-dealkylation sites (tertiary alicyclic amines) is 1. The summed E-state index contributed by atoms with van der Waals surface area (Å²) in [5.41, 5.74) is 1.13. The molecule has 206 valence electrons. The lowest BCUT2D eigenvalue weighted by molar-refractivity contribution is 0.0318. The summed E-state index contributed by atoms with van der Waals surface area (Å²) in [4.78, 5) is 15.7. The summed E-state index contributed by atoms with van der Waals surface area (Å²) in [6.07, 6.45) is 10.2. The van der Waals surface area contributed by atoms with Crippen LogP contribution in [0.2, 0.25) is 0 Å². The molecular formula is C29H38F2N4O3. The zero-order chi connectivity index (χ0) is 26.5. The van der Waals surface area contributed by atoms with Crippen LogP contribution in [0.5, 0.6) is 11.5 Å². The first kappa shape index (κ1) is 26.6. The van der Waals surface area contributed by atoms with E-state index in [9.17, 15) is 13.6 Å². The summed E-state index contributed by atoms with van der Waals surface area (Å²) in [6.45, 7) is 3.78. The molecule has 1 unspecified atom stereocenters. The highest BCUT2D eigenvalue weighted by atomic mass is 19.1. The number of halogens is 2. The smallest absolute Gasteiger partial charge is 0.255 e. The Morgan fingerprint density at radius 2 is 1.95 bits per heavy atom. The Balaban J connectivity index is 0.00000353. The lowest BCUT2D eigenvalue weighted by atomic mass is 9.89. The lowest BCUT2D eigenvalue weighted by Crippen LogP contribution is -2.43. The van der Waals surface area contributed by atoms with E-state index in [-0.39, 0.29) is 24.9 Å². The first-order chi connectivity index (χ1) is 18.5. The molecule has 1 aromatic heterocycles. The summed E-state index contributed by atoms with van der Waals surface area (Å²) in [5.74, 6) is -1.21. The van der Waals surface area contributed by atoms with Gasteiger partial charge in [0.15, 0.2) is 11.6 Å². The van der Waals surface area contributed by atoms with E-state index >= 15 is 0 Å². The summed E-state index contributed by atoms with van der Waals surface area (Å²) < 4.78 is 41.2. The first-order valence-electron chi connectivity index (χ1n) is 13.7. The van der Waals surface area contributed by atoms with Gasteiger partial charge in [-0.25, -0.2) is 8.78 Å². The van der Waals surface area contributed by atoms with E-state index in [1.54, 1.807) is 25.4 Å². The molecule has 1 saturated heterocycles. The summed E-state index contributed by atoms with van der Waals surface area (Å²) in [7, 11) is 1.73. The van der Waals surface area contributed by atoms with Crippen molar-refractivity contribution in [3.05, 3.63) is 53.7 Å². The molecule has 1 N–H and O–H groups in total. The van der Waals surface area contributed by atoms with Crippen LogP contribution >= 0.6 is 0 Å². The molecule has 3 aromatic rings. The number of amides is 1. The van der Waals surface area contributed by atoms with E-state index in [0.29, 0.717) is 24.6 Å². The van der Waals surface area contributed by atoms with Gasteiger partial charge >= 0.3 is 0 Å². The molecule has 2 heterocycles. The molecule has 2 aliphatic rings. The molecule has 0 radical (unpaired) electrons. The minimum atomic E-state index is -0.831. The molecule has 2 fully saturated rings. The van der Waals surface area contributed by atoms with Crippen molar-refractivity contribution in [3.8, 4) is 11.5 Å². The van der Waals surface area contributed by atoms with Crippen molar-refractivity contribution in [1.82, 2.24) is 20.0 Å². The van der Waals surface area contributed by atoms with E-state index in [2.05, 4.69) is 15.3 Å². The van der Waals surface area contributed by atoms with Gasteiger partial charge in [0.05, 0.1) is 23.4 Å². The number of piperidine rings is 1. The Bertz CT molecular complexity index is 1260. The van der Waals surface area contributed by atoms with Gasteiger partial charge in [-0.15, -0.1) is 0 Å². The normalized spacial score (nSPS) is 19.1. The van der Waals surface area contributed by atoms with Gasteiger partial charge in [0.2, 0.25) is 0 Å². The number of nitrogens with one attached hydrogen (secondary N) is 1.